The molecule has 6 heteroatoms. The van der Waals surface area contributed by atoms with E-state index in [9.17, 15) is 4.79 Å². The van der Waals surface area contributed by atoms with Crippen LogP contribution in [0.4, 0.5) is 5.13 Å². The Morgan fingerprint density at radius 3 is 2.62 bits per heavy atom. The molecule has 0 fully saturated rings. The van der Waals surface area contributed by atoms with Gasteiger partial charge in [-0.3, -0.25) is 15.1 Å². The molecule has 0 radical (unpaired) electrons. The van der Waals surface area contributed by atoms with Crippen molar-refractivity contribution in [3.63, 3.8) is 0 Å². The van der Waals surface area contributed by atoms with Crippen molar-refractivity contribution >= 4 is 33.3 Å². The molecule has 1 amide bonds. The fourth-order valence-electron chi connectivity index (χ4n) is 2.80. The molecule has 0 unspecified atom stereocenters. The third kappa shape index (κ3) is 3.19. The molecule has 0 bridgehead atoms. The van der Waals surface area contributed by atoms with Gasteiger partial charge in [0.1, 0.15) is 5.01 Å². The van der Waals surface area contributed by atoms with Gasteiger partial charge >= 0.3 is 0 Å². The van der Waals surface area contributed by atoms with Crippen molar-refractivity contribution < 1.29 is 4.79 Å². The van der Waals surface area contributed by atoms with Crippen LogP contribution in [0.25, 0.3) is 21.5 Å². The zero-order chi connectivity index (χ0) is 18.1. The van der Waals surface area contributed by atoms with Crippen LogP contribution in [0.3, 0.4) is 0 Å². The van der Waals surface area contributed by atoms with Gasteiger partial charge in [-0.15, -0.1) is 10.2 Å². The molecule has 0 aliphatic carbocycles. The van der Waals surface area contributed by atoms with E-state index in [0.29, 0.717) is 10.7 Å². The Morgan fingerprint density at radius 2 is 1.81 bits per heavy atom. The van der Waals surface area contributed by atoms with Gasteiger partial charge in [-0.25, -0.2) is 0 Å². The summed E-state index contributed by atoms with van der Waals surface area (Å²) < 4.78 is 0. The number of nitrogens with one attached hydrogen (secondary N) is 1. The van der Waals surface area contributed by atoms with E-state index in [1.54, 1.807) is 6.07 Å². The van der Waals surface area contributed by atoms with Crippen molar-refractivity contribution in [1.82, 2.24) is 15.2 Å². The van der Waals surface area contributed by atoms with Gasteiger partial charge in [-0.1, -0.05) is 53.3 Å². The molecule has 0 saturated heterocycles. The average molecular weight is 360 g/mol. The molecule has 1 N–H and O–H groups in total. The SMILES string of the molecule is Cc1ccc2nc(C)cc(C(=O)Nc3nnc(-c4ccccc4)s3)c2c1. The van der Waals surface area contributed by atoms with E-state index in [-0.39, 0.29) is 5.91 Å². The maximum Gasteiger partial charge on any atom is 0.258 e. The summed E-state index contributed by atoms with van der Waals surface area (Å²) in [4.78, 5) is 17.3. The lowest BCUT2D eigenvalue weighted by atomic mass is 10.0. The van der Waals surface area contributed by atoms with Gasteiger partial charge in [-0.05, 0) is 32.0 Å². The van der Waals surface area contributed by atoms with E-state index in [2.05, 4.69) is 20.5 Å². The summed E-state index contributed by atoms with van der Waals surface area (Å²) in [5, 5.41) is 13.2. The van der Waals surface area contributed by atoms with Crippen molar-refractivity contribution in [2.24, 2.45) is 0 Å². The number of benzene rings is 2. The van der Waals surface area contributed by atoms with Gasteiger partial charge in [-0.2, -0.15) is 0 Å². The third-order valence-electron chi connectivity index (χ3n) is 4.00. The van der Waals surface area contributed by atoms with E-state index >= 15 is 0 Å². The highest BCUT2D eigenvalue weighted by atomic mass is 32.1. The summed E-state index contributed by atoms with van der Waals surface area (Å²) in [5.74, 6) is -0.207. The first kappa shape index (κ1) is 16.4. The molecule has 128 valence electrons. The standard InChI is InChI=1S/C20H16N4OS/c1-12-8-9-17-15(10-12)16(11-13(2)21-17)18(25)22-20-24-23-19(26-20)14-6-4-3-5-7-14/h3-11H,1-2H3,(H,22,24,25). The molecule has 0 atom stereocenters. The predicted octanol–water partition coefficient (Wildman–Crippen LogP) is 4.62. The maximum absolute atomic E-state index is 12.8. The first-order chi connectivity index (χ1) is 12.6. The number of hydrogen-bond acceptors (Lipinski definition) is 5. The van der Waals surface area contributed by atoms with Crippen LogP contribution < -0.4 is 5.32 Å². The van der Waals surface area contributed by atoms with Crippen LogP contribution >= 0.6 is 11.3 Å². The molecule has 0 spiro atoms. The monoisotopic (exact) mass is 360 g/mol. The minimum Gasteiger partial charge on any atom is -0.296 e. The van der Waals surface area contributed by atoms with E-state index in [1.165, 1.54) is 11.3 Å². The number of fused-ring (bicyclic) bond motifs is 1. The highest BCUT2D eigenvalue weighted by Gasteiger charge is 2.15. The molecule has 0 aliphatic heterocycles. The highest BCUT2D eigenvalue weighted by Crippen LogP contribution is 2.27. The Hall–Kier alpha value is -3.12. The molecule has 26 heavy (non-hydrogen) atoms. The molecule has 0 saturated carbocycles. The normalized spacial score (nSPS) is 10.8. The summed E-state index contributed by atoms with van der Waals surface area (Å²) in [5.41, 5.74) is 4.26. The van der Waals surface area contributed by atoms with E-state index < -0.39 is 0 Å². The van der Waals surface area contributed by atoms with Crippen LogP contribution in [0.2, 0.25) is 0 Å². The van der Waals surface area contributed by atoms with Crippen LogP contribution in [-0.4, -0.2) is 21.1 Å². The number of carbonyl (C=O) groups excluding carboxylic acids is 1. The molecule has 4 rings (SSSR count). The molecular weight excluding hydrogens is 344 g/mol. The van der Waals surface area contributed by atoms with Crippen molar-refractivity contribution in [2.45, 2.75) is 13.8 Å². The largest absolute Gasteiger partial charge is 0.296 e. The fraction of sp³-hybridized carbons (Fsp3) is 0.100. The van der Waals surface area contributed by atoms with Crippen molar-refractivity contribution in [3.05, 3.63) is 71.4 Å². The molecule has 0 aliphatic rings. The lowest BCUT2D eigenvalue weighted by Crippen LogP contribution is -2.13. The number of nitrogens with zero attached hydrogens (tertiary/aromatic N) is 3. The van der Waals surface area contributed by atoms with Gasteiger partial charge in [0.05, 0.1) is 11.1 Å². The predicted molar refractivity (Wildman–Crippen MR) is 105 cm³/mol. The zero-order valence-corrected chi connectivity index (χ0v) is 15.2. The Kier molecular flexibility index (Phi) is 4.18. The highest BCUT2D eigenvalue weighted by molar-refractivity contribution is 7.18. The maximum atomic E-state index is 12.8. The van der Waals surface area contributed by atoms with Crippen molar-refractivity contribution in [1.29, 1.82) is 0 Å². The summed E-state index contributed by atoms with van der Waals surface area (Å²) in [6.45, 7) is 3.88. The number of amides is 1. The fourth-order valence-corrected chi connectivity index (χ4v) is 3.54. The number of hydrogen-bond donors (Lipinski definition) is 1. The van der Waals surface area contributed by atoms with Crippen molar-refractivity contribution in [2.75, 3.05) is 5.32 Å². The minimum absolute atomic E-state index is 0.207. The van der Waals surface area contributed by atoms with Gasteiger partial charge in [0, 0.05) is 16.6 Å². The molecule has 2 aromatic carbocycles. The minimum atomic E-state index is -0.207. The van der Waals surface area contributed by atoms with Crippen LogP contribution in [0.15, 0.2) is 54.6 Å². The lowest BCUT2D eigenvalue weighted by molar-refractivity contribution is 0.102. The number of rotatable bonds is 3. The Bertz CT molecular complexity index is 1110. The first-order valence-corrected chi connectivity index (χ1v) is 9.00. The first-order valence-electron chi connectivity index (χ1n) is 8.18. The quantitative estimate of drug-likeness (QED) is 0.579. The molecule has 2 heterocycles. The summed E-state index contributed by atoms with van der Waals surface area (Å²) in [6.07, 6.45) is 0. The smallest absolute Gasteiger partial charge is 0.258 e. The third-order valence-corrected chi connectivity index (χ3v) is 4.89. The average Bonchev–Trinajstić information content (AvgIpc) is 3.10. The zero-order valence-electron chi connectivity index (χ0n) is 14.4. The number of aryl methyl sites for hydroxylation is 2. The topological polar surface area (TPSA) is 67.8 Å². The second-order valence-electron chi connectivity index (χ2n) is 6.06. The van der Waals surface area contributed by atoms with E-state index in [1.807, 2.05) is 62.4 Å². The summed E-state index contributed by atoms with van der Waals surface area (Å²) in [6, 6.07) is 17.5. The van der Waals surface area contributed by atoms with E-state index in [4.69, 9.17) is 0 Å². The van der Waals surface area contributed by atoms with Crippen LogP contribution in [0, 0.1) is 13.8 Å². The lowest BCUT2D eigenvalue weighted by Gasteiger charge is -2.08. The molecule has 4 aromatic rings. The van der Waals surface area contributed by atoms with Crippen molar-refractivity contribution in [3.8, 4) is 10.6 Å². The van der Waals surface area contributed by atoms with Gasteiger partial charge in [0.2, 0.25) is 5.13 Å². The van der Waals surface area contributed by atoms with Crippen LogP contribution in [0.1, 0.15) is 21.6 Å². The van der Waals surface area contributed by atoms with Gasteiger partial charge in [0.25, 0.3) is 5.91 Å². The number of aromatic nitrogens is 3. The number of carbonyl (C=O) groups is 1. The molecule has 5 nitrogen and oxygen atoms in total. The Morgan fingerprint density at radius 1 is 1.00 bits per heavy atom. The Balaban J connectivity index is 1.66. The Labute approximate surface area is 154 Å². The summed E-state index contributed by atoms with van der Waals surface area (Å²) >= 11 is 1.35. The second-order valence-corrected chi connectivity index (χ2v) is 7.04. The number of pyridine rings is 1. The summed E-state index contributed by atoms with van der Waals surface area (Å²) in [7, 11) is 0. The van der Waals surface area contributed by atoms with Crippen LogP contribution in [0.5, 0.6) is 0 Å². The number of anilines is 1. The van der Waals surface area contributed by atoms with E-state index in [0.717, 1.165) is 32.7 Å². The second kappa shape index (κ2) is 6.65. The van der Waals surface area contributed by atoms with Crippen LogP contribution in [-0.2, 0) is 0 Å². The van der Waals surface area contributed by atoms with Gasteiger partial charge in [0.15, 0.2) is 0 Å². The molecule has 2 aromatic heterocycles. The van der Waals surface area contributed by atoms with Gasteiger partial charge < -0.3 is 0 Å². The molecular formula is C20H16N4OS.